The number of hydrogen-bond donors (Lipinski definition) is 0. The number of aromatic nitrogens is 2. The van der Waals surface area contributed by atoms with Crippen molar-refractivity contribution < 1.29 is 13.8 Å². The van der Waals surface area contributed by atoms with Gasteiger partial charge in [0, 0.05) is 83.6 Å². The van der Waals surface area contributed by atoms with Crippen LogP contribution in [0.15, 0.2) is 47.1 Å². The summed E-state index contributed by atoms with van der Waals surface area (Å²) in [5, 5.41) is 7.70. The lowest BCUT2D eigenvalue weighted by Gasteiger charge is -2.43. The fraction of sp³-hybridized carbons (Fsp3) is 0.571. The fourth-order valence-electron chi connectivity index (χ4n) is 5.45. The smallest absolute Gasteiger partial charge is 0.138 e. The third kappa shape index (κ3) is 7.42. The summed E-state index contributed by atoms with van der Waals surface area (Å²) < 4.78 is 24.3. The van der Waals surface area contributed by atoms with Crippen molar-refractivity contribution in [2.24, 2.45) is 0 Å². The van der Waals surface area contributed by atoms with Crippen molar-refractivity contribution in [3.8, 4) is 5.75 Å². The fourth-order valence-corrected chi connectivity index (χ4v) is 5.45. The maximum absolute atomic E-state index is 13.7. The Morgan fingerprint density at radius 2 is 1.50 bits per heavy atom. The summed E-state index contributed by atoms with van der Waals surface area (Å²) in [6.07, 6.45) is 0.980. The summed E-state index contributed by atoms with van der Waals surface area (Å²) in [6, 6.07) is 13.7. The van der Waals surface area contributed by atoms with Crippen LogP contribution in [0.4, 0.5) is 4.39 Å². The molecule has 2 fully saturated rings. The first-order valence-corrected chi connectivity index (χ1v) is 13.6. The van der Waals surface area contributed by atoms with Gasteiger partial charge < -0.3 is 9.64 Å². The molecule has 0 aliphatic carbocycles. The second-order valence-electron chi connectivity index (χ2n) is 10.5. The molecule has 38 heavy (non-hydrogen) atoms. The molecule has 208 valence electrons. The van der Waals surface area contributed by atoms with Crippen LogP contribution in [-0.2, 0) is 0 Å². The van der Waals surface area contributed by atoms with Gasteiger partial charge in [-0.1, -0.05) is 12.1 Å². The van der Waals surface area contributed by atoms with Gasteiger partial charge >= 0.3 is 0 Å². The van der Waals surface area contributed by atoms with Gasteiger partial charge in [-0.15, -0.1) is 12.4 Å². The van der Waals surface area contributed by atoms with Crippen LogP contribution in [0.1, 0.15) is 31.9 Å². The molecule has 2 saturated heterocycles. The summed E-state index contributed by atoms with van der Waals surface area (Å²) in [6.45, 7) is 15.8. The number of ether oxygens (including phenoxy) is 1. The summed E-state index contributed by atoms with van der Waals surface area (Å²) in [5.74, 6) is 0.634. The van der Waals surface area contributed by atoms with Crippen LogP contribution in [0.2, 0.25) is 0 Å². The molecule has 2 aliphatic rings. The first-order chi connectivity index (χ1) is 18.0. The Labute approximate surface area is 231 Å². The molecule has 3 aromatic rings. The van der Waals surface area contributed by atoms with Crippen molar-refractivity contribution >= 4 is 23.4 Å². The van der Waals surface area contributed by atoms with Gasteiger partial charge in [0.2, 0.25) is 0 Å². The number of piperazine rings is 2. The van der Waals surface area contributed by atoms with E-state index in [2.05, 4.69) is 43.8 Å². The standard InChI is InChI=1S/C28H39FN6O2.ClH/c1-22(2)34-15-17-35(18-16-34)28(23-4-6-24(29)7-5-23)21-33-13-11-32(12-14-33)10-3-19-36-25-8-9-26-27(20-25)31-37-30-26;/h4-9,20,22,28H,3,10-19,21H2,1-2H3;1H. The maximum Gasteiger partial charge on any atom is 0.138 e. The molecule has 8 nitrogen and oxygen atoms in total. The van der Waals surface area contributed by atoms with Gasteiger partial charge in [-0.05, 0) is 60.4 Å². The second-order valence-corrected chi connectivity index (χ2v) is 10.5. The van der Waals surface area contributed by atoms with Crippen LogP contribution >= 0.6 is 12.4 Å². The van der Waals surface area contributed by atoms with Crippen LogP contribution in [0.5, 0.6) is 5.75 Å². The largest absolute Gasteiger partial charge is 0.493 e. The minimum absolute atomic E-state index is 0. The molecule has 0 saturated carbocycles. The van der Waals surface area contributed by atoms with E-state index in [1.807, 2.05) is 30.3 Å². The molecule has 0 amide bonds. The van der Waals surface area contributed by atoms with Gasteiger partial charge in [-0.25, -0.2) is 9.02 Å². The highest BCUT2D eigenvalue weighted by molar-refractivity contribution is 5.85. The molecule has 5 rings (SSSR count). The molecule has 1 atom stereocenters. The Hall–Kier alpha value is -2.30. The predicted octanol–water partition coefficient (Wildman–Crippen LogP) is 3.94. The molecule has 1 aromatic heterocycles. The first-order valence-electron chi connectivity index (χ1n) is 13.6. The number of halogens is 2. The van der Waals surface area contributed by atoms with Crippen molar-refractivity contribution in [1.29, 1.82) is 0 Å². The first kappa shape index (κ1) is 28.7. The third-order valence-corrected chi connectivity index (χ3v) is 7.78. The lowest BCUT2D eigenvalue weighted by atomic mass is 10.0. The molecule has 2 aromatic carbocycles. The van der Waals surface area contributed by atoms with E-state index in [-0.39, 0.29) is 18.2 Å². The molecule has 1 unspecified atom stereocenters. The van der Waals surface area contributed by atoms with E-state index in [9.17, 15) is 4.39 Å². The Kier molecular flexibility index (Phi) is 10.3. The van der Waals surface area contributed by atoms with E-state index in [0.717, 1.165) is 88.7 Å². The number of rotatable bonds is 10. The summed E-state index contributed by atoms with van der Waals surface area (Å²) in [7, 11) is 0. The van der Waals surface area contributed by atoms with Gasteiger partial charge in [0.1, 0.15) is 22.6 Å². The summed E-state index contributed by atoms with van der Waals surface area (Å²) in [4.78, 5) is 10.3. The highest BCUT2D eigenvalue weighted by atomic mass is 35.5. The maximum atomic E-state index is 13.7. The number of nitrogens with zero attached hydrogens (tertiary/aromatic N) is 6. The van der Waals surface area contributed by atoms with Crippen molar-refractivity contribution in [3.63, 3.8) is 0 Å². The normalized spacial score (nSPS) is 19.1. The lowest BCUT2D eigenvalue weighted by molar-refractivity contribution is 0.0476. The zero-order valence-electron chi connectivity index (χ0n) is 22.5. The Morgan fingerprint density at radius 3 is 2.21 bits per heavy atom. The molecule has 2 aliphatic heterocycles. The Bertz CT molecular complexity index is 1110. The summed E-state index contributed by atoms with van der Waals surface area (Å²) >= 11 is 0. The van der Waals surface area contributed by atoms with Crippen molar-refractivity contribution in [3.05, 3.63) is 53.8 Å². The molecule has 0 radical (unpaired) electrons. The molecular formula is C28H40ClFN6O2. The quantitative estimate of drug-likeness (QED) is 0.354. The molecule has 0 spiro atoms. The molecule has 10 heteroatoms. The Morgan fingerprint density at radius 1 is 0.842 bits per heavy atom. The van der Waals surface area contributed by atoms with E-state index in [4.69, 9.17) is 9.37 Å². The minimum atomic E-state index is -0.166. The van der Waals surface area contributed by atoms with Crippen LogP contribution in [0, 0.1) is 5.82 Å². The second kappa shape index (κ2) is 13.7. The molecular weight excluding hydrogens is 507 g/mol. The van der Waals surface area contributed by atoms with E-state index >= 15 is 0 Å². The average molecular weight is 547 g/mol. The number of hydrogen-bond acceptors (Lipinski definition) is 8. The number of fused-ring (bicyclic) bond motifs is 1. The zero-order valence-corrected chi connectivity index (χ0v) is 23.3. The zero-order chi connectivity index (χ0) is 25.6. The van der Waals surface area contributed by atoms with Gasteiger partial charge in [0.05, 0.1) is 6.61 Å². The predicted molar refractivity (Wildman–Crippen MR) is 149 cm³/mol. The summed E-state index contributed by atoms with van der Waals surface area (Å²) in [5.41, 5.74) is 2.68. The van der Waals surface area contributed by atoms with Gasteiger partial charge in [-0.2, -0.15) is 0 Å². The SMILES string of the molecule is CC(C)N1CCN(C(CN2CCN(CCCOc3ccc4nonc4c3)CC2)c2ccc(F)cc2)CC1.Cl. The minimum Gasteiger partial charge on any atom is -0.493 e. The van der Waals surface area contributed by atoms with Gasteiger partial charge in [0.15, 0.2) is 0 Å². The van der Waals surface area contributed by atoms with Crippen LogP contribution in [0.3, 0.4) is 0 Å². The van der Waals surface area contributed by atoms with Crippen LogP contribution < -0.4 is 4.74 Å². The third-order valence-electron chi connectivity index (χ3n) is 7.78. The highest BCUT2D eigenvalue weighted by Crippen LogP contribution is 2.25. The van der Waals surface area contributed by atoms with Crippen molar-refractivity contribution in [2.45, 2.75) is 32.4 Å². The molecule has 0 N–H and O–H groups in total. The molecule has 3 heterocycles. The van der Waals surface area contributed by atoms with Crippen LogP contribution in [0.25, 0.3) is 11.0 Å². The monoisotopic (exact) mass is 546 g/mol. The van der Waals surface area contributed by atoms with Crippen molar-refractivity contribution in [1.82, 2.24) is 29.9 Å². The van der Waals surface area contributed by atoms with E-state index in [0.29, 0.717) is 18.7 Å². The Balaban J connectivity index is 0.00000336. The van der Waals surface area contributed by atoms with E-state index < -0.39 is 0 Å². The van der Waals surface area contributed by atoms with Crippen LogP contribution in [-0.4, -0.2) is 108 Å². The van der Waals surface area contributed by atoms with Gasteiger partial charge in [-0.3, -0.25) is 14.7 Å². The van der Waals surface area contributed by atoms with E-state index in [1.165, 1.54) is 5.56 Å². The topological polar surface area (TPSA) is 61.1 Å². The average Bonchev–Trinajstić information content (AvgIpc) is 3.39. The highest BCUT2D eigenvalue weighted by Gasteiger charge is 2.28. The molecule has 0 bridgehead atoms. The van der Waals surface area contributed by atoms with Crippen molar-refractivity contribution in [2.75, 3.05) is 72.1 Å². The number of benzene rings is 2. The van der Waals surface area contributed by atoms with Gasteiger partial charge in [0.25, 0.3) is 0 Å². The van der Waals surface area contributed by atoms with E-state index in [1.54, 1.807) is 12.1 Å². The lowest BCUT2D eigenvalue weighted by Crippen LogP contribution is -2.53.